The summed E-state index contributed by atoms with van der Waals surface area (Å²) >= 11 is 0. The third kappa shape index (κ3) is 22.0. The number of hydrogen-bond donors (Lipinski definition) is 0. The summed E-state index contributed by atoms with van der Waals surface area (Å²) in [6, 6.07) is 26.0. The maximum Gasteiger partial charge on any atom is -0.00733 e. The molecule has 0 amide bonds. The van der Waals surface area contributed by atoms with Crippen molar-refractivity contribution in [2.75, 3.05) is 0 Å². The molecule has 0 aromatic heterocycles. The monoisotopic (exact) mass is 763 g/mol. The first-order valence-corrected chi connectivity index (χ1v) is 25.1. The summed E-state index contributed by atoms with van der Waals surface area (Å²) in [5, 5.41) is 0. The Morgan fingerprint density at radius 3 is 1.05 bits per heavy atom. The highest BCUT2D eigenvalue weighted by atomic mass is 14.2. The van der Waals surface area contributed by atoms with Crippen molar-refractivity contribution in [1.29, 1.82) is 0 Å². The van der Waals surface area contributed by atoms with Crippen molar-refractivity contribution in [3.63, 3.8) is 0 Å². The van der Waals surface area contributed by atoms with Gasteiger partial charge in [-0.15, -0.1) is 0 Å². The van der Waals surface area contributed by atoms with Crippen molar-refractivity contribution in [3.05, 3.63) is 83.4 Å². The quantitative estimate of drug-likeness (QED) is 0.0513. The second-order valence-electron chi connectivity index (χ2n) is 17.7. The van der Waals surface area contributed by atoms with E-state index < -0.39 is 0 Å². The van der Waals surface area contributed by atoms with Crippen LogP contribution in [0, 0.1) is 0 Å². The molecule has 3 aromatic carbocycles. The van der Waals surface area contributed by atoms with Gasteiger partial charge in [-0.3, -0.25) is 0 Å². The molecule has 0 bridgehead atoms. The number of unbranched alkanes of at least 4 members (excludes halogenated alkanes) is 29. The summed E-state index contributed by atoms with van der Waals surface area (Å²) in [4.78, 5) is 0. The molecule has 0 nitrogen and oxygen atoms in total. The van der Waals surface area contributed by atoms with Gasteiger partial charge in [-0.25, -0.2) is 0 Å². The van der Waals surface area contributed by atoms with E-state index in [9.17, 15) is 0 Å². The molecule has 0 aliphatic heterocycles. The van der Waals surface area contributed by atoms with E-state index in [4.69, 9.17) is 0 Å². The largest absolute Gasteiger partial charge is 0.0654 e. The third-order valence-corrected chi connectivity index (χ3v) is 12.5. The van der Waals surface area contributed by atoms with Crippen molar-refractivity contribution >= 4 is 0 Å². The molecule has 0 saturated heterocycles. The lowest BCUT2D eigenvalue weighted by Crippen LogP contribution is -1.97. The maximum absolute atomic E-state index is 2.52. The Morgan fingerprint density at radius 1 is 0.286 bits per heavy atom. The van der Waals surface area contributed by atoms with Gasteiger partial charge in [-0.2, -0.15) is 0 Å². The van der Waals surface area contributed by atoms with Gasteiger partial charge >= 0.3 is 0 Å². The standard InChI is InChI=1S/C56H90/c1-4-7-10-11-12-13-14-15-16-17-18-19-20-21-22-23-24-25-26-27-28-29-30-31-32-36-42-53-45-39-46-55(56(53)52-43-37-33-38-44-52)54-48-50(40-34-8-5-2)47-51(49-54)41-35-9-6-3/h33,37-39,43-49H,4-32,34-36,40-42H2,1-3H3. The van der Waals surface area contributed by atoms with Gasteiger partial charge < -0.3 is 0 Å². The zero-order valence-corrected chi connectivity index (χ0v) is 37.6. The summed E-state index contributed by atoms with van der Waals surface area (Å²) in [6.07, 6.45) is 49.0. The zero-order chi connectivity index (χ0) is 39.6. The van der Waals surface area contributed by atoms with E-state index in [0.717, 1.165) is 0 Å². The van der Waals surface area contributed by atoms with Gasteiger partial charge in [0.25, 0.3) is 0 Å². The van der Waals surface area contributed by atoms with E-state index in [0.29, 0.717) is 0 Å². The minimum Gasteiger partial charge on any atom is -0.0654 e. The molecule has 0 aliphatic rings. The highest BCUT2D eigenvalue weighted by Gasteiger charge is 2.14. The lowest BCUT2D eigenvalue weighted by Gasteiger charge is -2.18. The van der Waals surface area contributed by atoms with E-state index in [1.165, 1.54) is 264 Å². The van der Waals surface area contributed by atoms with Gasteiger partial charge in [-0.05, 0) is 77.5 Å². The van der Waals surface area contributed by atoms with Crippen molar-refractivity contribution in [2.45, 2.75) is 245 Å². The smallest absolute Gasteiger partial charge is 0.00733 e. The summed E-state index contributed by atoms with van der Waals surface area (Å²) in [5.41, 5.74) is 10.3. The minimum atomic E-state index is 1.18. The van der Waals surface area contributed by atoms with Gasteiger partial charge in [0, 0.05) is 0 Å². The molecule has 314 valence electrons. The van der Waals surface area contributed by atoms with E-state index in [2.05, 4.69) is 87.5 Å². The second-order valence-corrected chi connectivity index (χ2v) is 17.7. The van der Waals surface area contributed by atoms with Crippen LogP contribution in [0.4, 0.5) is 0 Å². The molecule has 0 aliphatic carbocycles. The molecule has 0 spiro atoms. The van der Waals surface area contributed by atoms with Gasteiger partial charge in [0.2, 0.25) is 0 Å². The first kappa shape index (κ1) is 48.0. The Bertz CT molecular complexity index is 1290. The van der Waals surface area contributed by atoms with Crippen LogP contribution in [0.5, 0.6) is 0 Å². The van der Waals surface area contributed by atoms with Gasteiger partial charge in [-0.1, -0.05) is 274 Å². The van der Waals surface area contributed by atoms with Crippen molar-refractivity contribution < 1.29 is 0 Å². The predicted octanol–water partition coefficient (Wildman–Crippen LogP) is 19.2. The summed E-state index contributed by atoms with van der Waals surface area (Å²) < 4.78 is 0. The van der Waals surface area contributed by atoms with Crippen LogP contribution in [0.1, 0.15) is 243 Å². The summed E-state index contributed by atoms with van der Waals surface area (Å²) in [6.45, 7) is 6.94. The molecular weight excluding hydrogens is 673 g/mol. The Morgan fingerprint density at radius 2 is 0.643 bits per heavy atom. The normalized spacial score (nSPS) is 11.5. The molecule has 3 aromatic rings. The van der Waals surface area contributed by atoms with Crippen LogP contribution in [-0.4, -0.2) is 0 Å². The van der Waals surface area contributed by atoms with Crippen LogP contribution < -0.4 is 0 Å². The molecule has 3 rings (SSSR count). The number of benzene rings is 3. The van der Waals surface area contributed by atoms with Gasteiger partial charge in [0.05, 0.1) is 0 Å². The van der Waals surface area contributed by atoms with Gasteiger partial charge in [0.1, 0.15) is 0 Å². The second kappa shape index (κ2) is 33.6. The summed E-state index contributed by atoms with van der Waals surface area (Å²) in [7, 11) is 0. The topological polar surface area (TPSA) is 0 Å². The average molecular weight is 763 g/mol. The Labute approximate surface area is 349 Å². The fraction of sp³-hybridized carbons (Fsp3) is 0.679. The molecule has 0 saturated carbocycles. The first-order chi connectivity index (χ1) is 27.8. The van der Waals surface area contributed by atoms with E-state index in [-0.39, 0.29) is 0 Å². The van der Waals surface area contributed by atoms with Crippen LogP contribution in [0.3, 0.4) is 0 Å². The van der Waals surface area contributed by atoms with Crippen LogP contribution >= 0.6 is 0 Å². The van der Waals surface area contributed by atoms with Gasteiger partial charge in [0.15, 0.2) is 0 Å². The molecule has 0 radical (unpaired) electrons. The molecule has 0 unspecified atom stereocenters. The molecule has 0 heteroatoms. The molecule has 56 heavy (non-hydrogen) atoms. The van der Waals surface area contributed by atoms with Crippen LogP contribution in [-0.2, 0) is 19.3 Å². The lowest BCUT2D eigenvalue weighted by molar-refractivity contribution is 0.515. The molecular formula is C56H90. The van der Waals surface area contributed by atoms with E-state index in [1.807, 2.05) is 0 Å². The fourth-order valence-corrected chi connectivity index (χ4v) is 8.99. The number of rotatable bonds is 37. The zero-order valence-electron chi connectivity index (χ0n) is 37.6. The third-order valence-electron chi connectivity index (χ3n) is 12.5. The van der Waals surface area contributed by atoms with Crippen molar-refractivity contribution in [1.82, 2.24) is 0 Å². The maximum atomic E-state index is 2.52. The molecule has 0 N–H and O–H groups in total. The fourth-order valence-electron chi connectivity index (χ4n) is 8.99. The average Bonchev–Trinajstić information content (AvgIpc) is 3.22. The Kier molecular flexibility index (Phi) is 28.8. The SMILES string of the molecule is CCCCCCCCCCCCCCCCCCCCCCCCCCCCc1cccc(-c2cc(CCCCC)cc(CCCCC)c2)c1-c1ccccc1. The van der Waals surface area contributed by atoms with E-state index >= 15 is 0 Å². The van der Waals surface area contributed by atoms with E-state index in [1.54, 1.807) is 0 Å². The number of aryl methyl sites for hydroxylation is 3. The van der Waals surface area contributed by atoms with Crippen molar-refractivity contribution in [3.8, 4) is 22.3 Å². The molecule has 0 fully saturated rings. The van der Waals surface area contributed by atoms with Crippen LogP contribution in [0.25, 0.3) is 22.3 Å². The highest BCUT2D eigenvalue weighted by Crippen LogP contribution is 2.37. The summed E-state index contributed by atoms with van der Waals surface area (Å²) in [5.74, 6) is 0. The number of hydrogen-bond acceptors (Lipinski definition) is 0. The molecule has 0 atom stereocenters. The van der Waals surface area contributed by atoms with Crippen LogP contribution in [0.2, 0.25) is 0 Å². The Hall–Kier alpha value is -2.34. The van der Waals surface area contributed by atoms with Crippen molar-refractivity contribution in [2.24, 2.45) is 0 Å². The lowest BCUT2D eigenvalue weighted by atomic mass is 9.86. The predicted molar refractivity (Wildman–Crippen MR) is 253 cm³/mol. The highest BCUT2D eigenvalue weighted by molar-refractivity contribution is 5.86. The first-order valence-electron chi connectivity index (χ1n) is 25.1. The minimum absolute atomic E-state index is 1.18. The molecule has 0 heterocycles. The van der Waals surface area contributed by atoms with Crippen LogP contribution in [0.15, 0.2) is 66.7 Å². The Balaban J connectivity index is 1.28.